The smallest absolute Gasteiger partial charge is 0.326 e. The number of hydrogen-bond donors (Lipinski definition) is 3. The molecule has 8 heteroatoms. The van der Waals surface area contributed by atoms with E-state index >= 15 is 0 Å². The molecular formula is C13H18N4O4. The first kappa shape index (κ1) is 16.4. The van der Waals surface area contributed by atoms with Gasteiger partial charge < -0.3 is 21.1 Å². The molecule has 0 aliphatic carbocycles. The fourth-order valence-corrected chi connectivity index (χ4v) is 1.59. The number of carboxylic acids is 1. The van der Waals surface area contributed by atoms with Gasteiger partial charge in [0.15, 0.2) is 0 Å². The summed E-state index contributed by atoms with van der Waals surface area (Å²) in [6, 6.07) is 3.56. The lowest BCUT2D eigenvalue weighted by molar-refractivity contribution is -0.140. The molecule has 4 N–H and O–H groups in total. The standard InChI is InChI=1S/C13H18N4O4/c1-17(7-5-9-4-2-3-6-15-9)13(21)16-10(12(19)20)8-11(14)18/h2-4,6,10H,5,7-8H2,1H3,(H2,14,18)(H,16,21)(H,19,20)/t10-/m1/s1. The van der Waals surface area contributed by atoms with E-state index in [2.05, 4.69) is 10.3 Å². The van der Waals surface area contributed by atoms with E-state index in [1.807, 2.05) is 12.1 Å². The lowest BCUT2D eigenvalue weighted by atomic mass is 10.2. The van der Waals surface area contributed by atoms with Gasteiger partial charge in [0.1, 0.15) is 6.04 Å². The zero-order chi connectivity index (χ0) is 15.8. The minimum atomic E-state index is -1.33. The molecule has 0 bridgehead atoms. The maximum Gasteiger partial charge on any atom is 0.326 e. The second kappa shape index (κ2) is 7.83. The molecule has 8 nitrogen and oxygen atoms in total. The predicted octanol–water partition coefficient (Wildman–Crippen LogP) is -0.406. The van der Waals surface area contributed by atoms with Gasteiger partial charge in [0.25, 0.3) is 0 Å². The van der Waals surface area contributed by atoms with Crippen LogP contribution in [0.1, 0.15) is 12.1 Å². The van der Waals surface area contributed by atoms with Crippen molar-refractivity contribution in [2.75, 3.05) is 13.6 Å². The van der Waals surface area contributed by atoms with Crippen LogP contribution in [0.5, 0.6) is 0 Å². The summed E-state index contributed by atoms with van der Waals surface area (Å²) in [6.45, 7) is 0.367. The summed E-state index contributed by atoms with van der Waals surface area (Å²) in [5.74, 6) is -2.10. The van der Waals surface area contributed by atoms with E-state index in [0.29, 0.717) is 13.0 Å². The average molecular weight is 294 g/mol. The van der Waals surface area contributed by atoms with E-state index in [4.69, 9.17) is 10.8 Å². The van der Waals surface area contributed by atoms with Crippen LogP contribution < -0.4 is 11.1 Å². The molecule has 0 radical (unpaired) electrons. The van der Waals surface area contributed by atoms with Crippen molar-refractivity contribution in [2.45, 2.75) is 18.9 Å². The summed E-state index contributed by atoms with van der Waals surface area (Å²) in [5.41, 5.74) is 5.77. The van der Waals surface area contributed by atoms with Crippen LogP contribution in [0.4, 0.5) is 4.79 Å². The van der Waals surface area contributed by atoms with Crippen LogP contribution in [0.25, 0.3) is 0 Å². The SMILES string of the molecule is CN(CCc1ccccn1)C(=O)N[C@H](CC(N)=O)C(=O)O. The monoisotopic (exact) mass is 294 g/mol. The first-order valence-electron chi connectivity index (χ1n) is 6.32. The number of rotatable bonds is 7. The number of nitrogens with two attached hydrogens (primary N) is 1. The van der Waals surface area contributed by atoms with Crippen LogP contribution in [0.15, 0.2) is 24.4 Å². The molecule has 0 fully saturated rings. The number of hydrogen-bond acceptors (Lipinski definition) is 4. The van der Waals surface area contributed by atoms with Crippen LogP contribution in [0, 0.1) is 0 Å². The van der Waals surface area contributed by atoms with Crippen molar-refractivity contribution < 1.29 is 19.5 Å². The molecule has 1 heterocycles. The Hall–Kier alpha value is -2.64. The van der Waals surface area contributed by atoms with Crippen molar-refractivity contribution in [1.82, 2.24) is 15.2 Å². The molecule has 0 aromatic carbocycles. The summed E-state index contributed by atoms with van der Waals surface area (Å²) in [7, 11) is 1.53. The number of carbonyl (C=O) groups excluding carboxylic acids is 2. The Labute approximate surface area is 121 Å². The topological polar surface area (TPSA) is 126 Å². The van der Waals surface area contributed by atoms with Gasteiger partial charge in [-0.1, -0.05) is 6.07 Å². The molecule has 1 aromatic rings. The third-order valence-corrected chi connectivity index (χ3v) is 2.78. The number of carboxylic acid groups (broad SMARTS) is 1. The highest BCUT2D eigenvalue weighted by Gasteiger charge is 2.23. The van der Waals surface area contributed by atoms with Crippen LogP contribution in [-0.4, -0.2) is 52.5 Å². The quantitative estimate of drug-likeness (QED) is 0.630. The molecule has 1 atom stereocenters. The number of carbonyl (C=O) groups is 3. The van der Waals surface area contributed by atoms with Crippen molar-refractivity contribution in [3.63, 3.8) is 0 Å². The number of nitrogens with zero attached hydrogens (tertiary/aromatic N) is 2. The lowest BCUT2D eigenvalue weighted by Gasteiger charge is -2.20. The molecule has 0 spiro atoms. The molecular weight excluding hydrogens is 276 g/mol. The molecule has 0 aliphatic heterocycles. The Morgan fingerprint density at radius 2 is 2.14 bits per heavy atom. The maximum atomic E-state index is 11.8. The number of amides is 3. The Morgan fingerprint density at radius 3 is 2.67 bits per heavy atom. The van der Waals surface area contributed by atoms with Gasteiger partial charge in [-0.3, -0.25) is 9.78 Å². The molecule has 0 unspecified atom stereocenters. The van der Waals surface area contributed by atoms with Crippen molar-refractivity contribution in [1.29, 1.82) is 0 Å². The van der Waals surface area contributed by atoms with E-state index in [1.54, 1.807) is 12.3 Å². The van der Waals surface area contributed by atoms with Crippen LogP contribution in [0.3, 0.4) is 0 Å². The largest absolute Gasteiger partial charge is 0.480 e. The van der Waals surface area contributed by atoms with Gasteiger partial charge in [-0.15, -0.1) is 0 Å². The lowest BCUT2D eigenvalue weighted by Crippen LogP contribution is -2.48. The second-order valence-corrected chi connectivity index (χ2v) is 4.50. The molecule has 1 rings (SSSR count). The number of nitrogens with one attached hydrogen (secondary N) is 1. The van der Waals surface area contributed by atoms with E-state index in [-0.39, 0.29) is 0 Å². The zero-order valence-corrected chi connectivity index (χ0v) is 11.7. The Kier molecular flexibility index (Phi) is 6.12. The van der Waals surface area contributed by atoms with Crippen LogP contribution in [0.2, 0.25) is 0 Å². The number of urea groups is 1. The first-order valence-corrected chi connectivity index (χ1v) is 6.32. The summed E-state index contributed by atoms with van der Waals surface area (Å²) in [5, 5.41) is 11.2. The average Bonchev–Trinajstić information content (AvgIpc) is 2.44. The fraction of sp³-hybridized carbons (Fsp3) is 0.385. The number of aliphatic carboxylic acids is 1. The maximum absolute atomic E-state index is 11.8. The summed E-state index contributed by atoms with van der Waals surface area (Å²) in [4.78, 5) is 39.0. The van der Waals surface area contributed by atoms with Gasteiger partial charge in [0, 0.05) is 31.9 Å². The predicted molar refractivity (Wildman–Crippen MR) is 74.3 cm³/mol. The van der Waals surface area contributed by atoms with E-state index in [9.17, 15) is 14.4 Å². The third-order valence-electron chi connectivity index (χ3n) is 2.78. The van der Waals surface area contributed by atoms with E-state index in [1.165, 1.54) is 11.9 Å². The highest BCUT2D eigenvalue weighted by atomic mass is 16.4. The van der Waals surface area contributed by atoms with Gasteiger partial charge in [-0.25, -0.2) is 9.59 Å². The van der Waals surface area contributed by atoms with Crippen LogP contribution >= 0.6 is 0 Å². The van der Waals surface area contributed by atoms with Crippen molar-refractivity contribution in [3.05, 3.63) is 30.1 Å². The van der Waals surface area contributed by atoms with E-state index in [0.717, 1.165) is 5.69 Å². The number of primary amides is 1. The van der Waals surface area contributed by atoms with Crippen molar-refractivity contribution >= 4 is 17.9 Å². The molecule has 0 aliphatic rings. The minimum absolute atomic E-state index is 0.367. The summed E-state index contributed by atoms with van der Waals surface area (Å²) < 4.78 is 0. The van der Waals surface area contributed by atoms with Crippen molar-refractivity contribution in [3.8, 4) is 0 Å². The van der Waals surface area contributed by atoms with Gasteiger partial charge >= 0.3 is 12.0 Å². The van der Waals surface area contributed by atoms with Gasteiger partial charge in [0.2, 0.25) is 5.91 Å². The normalized spacial score (nSPS) is 11.5. The molecule has 114 valence electrons. The summed E-state index contributed by atoms with van der Waals surface area (Å²) in [6.07, 6.45) is 1.75. The molecule has 1 aromatic heterocycles. The van der Waals surface area contributed by atoms with E-state index < -0.39 is 30.4 Å². The Balaban J connectivity index is 2.49. The zero-order valence-electron chi connectivity index (χ0n) is 11.7. The summed E-state index contributed by atoms with van der Waals surface area (Å²) >= 11 is 0. The number of pyridine rings is 1. The van der Waals surface area contributed by atoms with Crippen molar-refractivity contribution in [2.24, 2.45) is 5.73 Å². The fourth-order valence-electron chi connectivity index (χ4n) is 1.59. The van der Waals surface area contributed by atoms with Gasteiger partial charge in [-0.2, -0.15) is 0 Å². The van der Waals surface area contributed by atoms with Gasteiger partial charge in [0.05, 0.1) is 6.42 Å². The molecule has 0 saturated carbocycles. The van der Waals surface area contributed by atoms with Crippen LogP contribution in [-0.2, 0) is 16.0 Å². The highest BCUT2D eigenvalue weighted by Crippen LogP contribution is 1.98. The molecule has 0 saturated heterocycles. The molecule has 21 heavy (non-hydrogen) atoms. The highest BCUT2D eigenvalue weighted by molar-refractivity contribution is 5.87. The second-order valence-electron chi connectivity index (χ2n) is 4.50. The Morgan fingerprint density at radius 1 is 1.43 bits per heavy atom. The Bertz CT molecular complexity index is 506. The molecule has 3 amide bonds. The minimum Gasteiger partial charge on any atom is -0.480 e. The van der Waals surface area contributed by atoms with Gasteiger partial charge in [-0.05, 0) is 12.1 Å². The first-order chi connectivity index (χ1) is 9.90. The third kappa shape index (κ3) is 5.89. The number of aromatic nitrogens is 1. The number of likely N-dealkylation sites (N-methyl/N-ethyl adjacent to an activating group) is 1.